The Hall–Kier alpha value is -3.20. The second-order valence-corrected chi connectivity index (χ2v) is 13.8. The van der Waals surface area contributed by atoms with Gasteiger partial charge < -0.3 is 18.9 Å². The highest BCUT2D eigenvalue weighted by molar-refractivity contribution is 7.15. The van der Waals surface area contributed by atoms with Gasteiger partial charge in [0.15, 0.2) is 0 Å². The molecule has 1 atom stereocenters. The van der Waals surface area contributed by atoms with Crippen LogP contribution in [0.4, 0.5) is 0 Å². The molecular weight excluding hydrogens is 560 g/mol. The molecule has 0 N–H and O–H groups in total. The van der Waals surface area contributed by atoms with Crippen molar-refractivity contribution in [1.29, 1.82) is 0 Å². The van der Waals surface area contributed by atoms with Gasteiger partial charge in [0.25, 0.3) is 0 Å². The smallest absolute Gasteiger partial charge is 0.302 e. The van der Waals surface area contributed by atoms with Crippen LogP contribution in [-0.4, -0.2) is 58.1 Å². The third kappa shape index (κ3) is 10.5. The summed E-state index contributed by atoms with van der Waals surface area (Å²) < 4.78 is 12.2. The molecule has 2 aromatic heterocycles. The van der Waals surface area contributed by atoms with E-state index in [-0.39, 0.29) is 22.7 Å². The number of amides is 1. The van der Waals surface area contributed by atoms with E-state index in [0.717, 1.165) is 35.7 Å². The Morgan fingerprint density at radius 3 is 2.09 bits per heavy atom. The average Bonchev–Trinajstić information content (AvgIpc) is 3.62. The van der Waals surface area contributed by atoms with Crippen molar-refractivity contribution in [2.75, 3.05) is 26.8 Å². The van der Waals surface area contributed by atoms with Gasteiger partial charge in [0, 0.05) is 60.2 Å². The third-order valence-electron chi connectivity index (χ3n) is 7.28. The Bertz CT molecular complexity index is 1270. The summed E-state index contributed by atoms with van der Waals surface area (Å²) in [6.45, 7) is 23.1. The van der Waals surface area contributed by atoms with Crippen LogP contribution in [0.15, 0.2) is 37.1 Å². The van der Waals surface area contributed by atoms with Crippen LogP contribution in [0, 0.1) is 0 Å². The summed E-state index contributed by atoms with van der Waals surface area (Å²) in [6.07, 6.45) is 9.19. The molecule has 0 aliphatic carbocycles. The molecule has 9 heteroatoms. The van der Waals surface area contributed by atoms with Gasteiger partial charge in [-0.1, -0.05) is 48.5 Å². The van der Waals surface area contributed by atoms with Gasteiger partial charge in [0.2, 0.25) is 5.91 Å². The lowest BCUT2D eigenvalue weighted by Crippen LogP contribution is -2.34. The summed E-state index contributed by atoms with van der Waals surface area (Å²) in [4.78, 5) is 34.8. The largest absolute Gasteiger partial charge is 0.496 e. The van der Waals surface area contributed by atoms with Crippen molar-refractivity contribution < 1.29 is 19.1 Å². The molecule has 0 fully saturated rings. The van der Waals surface area contributed by atoms with Crippen molar-refractivity contribution in [2.24, 2.45) is 0 Å². The van der Waals surface area contributed by atoms with Crippen molar-refractivity contribution >= 4 is 23.2 Å². The first-order valence-corrected chi connectivity index (χ1v) is 16.0. The van der Waals surface area contributed by atoms with E-state index in [1.807, 2.05) is 28.8 Å². The Labute approximate surface area is 262 Å². The molecule has 0 aliphatic heterocycles. The number of likely N-dealkylation sites (N-methyl/N-ethyl adjacent to an activating group) is 1. The number of esters is 1. The fraction of sp³-hybridized carbons (Fsp3) is 0.588. The first kappa shape index (κ1) is 36.0. The van der Waals surface area contributed by atoms with Crippen LogP contribution in [0.25, 0.3) is 10.6 Å². The minimum Gasteiger partial charge on any atom is -0.496 e. The molecule has 238 valence electrons. The second-order valence-electron chi connectivity index (χ2n) is 12.7. The number of methoxy groups -OCH3 is 1. The van der Waals surface area contributed by atoms with Gasteiger partial charge >= 0.3 is 5.97 Å². The van der Waals surface area contributed by atoms with E-state index in [1.165, 1.54) is 22.9 Å². The molecule has 2 heterocycles. The van der Waals surface area contributed by atoms with Gasteiger partial charge in [0.1, 0.15) is 17.3 Å². The van der Waals surface area contributed by atoms with Crippen LogP contribution >= 0.6 is 11.3 Å². The van der Waals surface area contributed by atoms with Gasteiger partial charge in [-0.3, -0.25) is 9.59 Å². The number of nitrogens with zero attached hydrogens (tertiary/aromatic N) is 4. The van der Waals surface area contributed by atoms with Crippen molar-refractivity contribution in [3.63, 3.8) is 0 Å². The lowest BCUT2D eigenvalue weighted by molar-refractivity contribution is -0.140. The molecule has 0 saturated carbocycles. The maximum Gasteiger partial charge on any atom is 0.302 e. The Balaban J connectivity index is 0.000000973. The molecule has 1 unspecified atom stereocenters. The quantitative estimate of drug-likeness (QED) is 0.207. The predicted octanol–water partition coefficient (Wildman–Crippen LogP) is 7.61. The summed E-state index contributed by atoms with van der Waals surface area (Å²) in [6, 6.07) is 4.51. The number of benzene rings is 1. The van der Waals surface area contributed by atoms with Crippen LogP contribution in [0.3, 0.4) is 0 Å². The van der Waals surface area contributed by atoms with E-state index < -0.39 is 0 Å². The van der Waals surface area contributed by atoms with E-state index in [4.69, 9.17) is 9.72 Å². The zero-order valence-corrected chi connectivity index (χ0v) is 28.9. The number of thiazole rings is 1. The monoisotopic (exact) mass is 612 g/mol. The highest BCUT2D eigenvalue weighted by Crippen LogP contribution is 2.43. The van der Waals surface area contributed by atoms with E-state index in [1.54, 1.807) is 37.9 Å². The number of carbonyl (C=O) groups excluding carboxylic acids is 2. The number of hydrogen-bond acceptors (Lipinski definition) is 7. The van der Waals surface area contributed by atoms with Crippen molar-refractivity contribution in [1.82, 2.24) is 19.4 Å². The van der Waals surface area contributed by atoms with Gasteiger partial charge in [-0.25, -0.2) is 9.97 Å². The number of ether oxygens (including phenoxy) is 2. The molecule has 1 amide bonds. The molecule has 0 aliphatic rings. The maximum absolute atomic E-state index is 12.8. The van der Waals surface area contributed by atoms with Crippen molar-refractivity contribution in [2.45, 2.75) is 105 Å². The number of rotatable bonds is 11. The summed E-state index contributed by atoms with van der Waals surface area (Å²) in [7, 11) is 1.77. The summed E-state index contributed by atoms with van der Waals surface area (Å²) >= 11 is 1.77. The Kier molecular flexibility index (Phi) is 13.4. The molecule has 3 rings (SSSR count). The van der Waals surface area contributed by atoms with Crippen LogP contribution in [0.5, 0.6) is 5.75 Å². The summed E-state index contributed by atoms with van der Waals surface area (Å²) in [5.74, 6) is 1.26. The zero-order valence-electron chi connectivity index (χ0n) is 28.1. The van der Waals surface area contributed by atoms with Crippen LogP contribution < -0.4 is 4.74 Å². The number of carbonyl (C=O) groups is 2. The molecule has 43 heavy (non-hydrogen) atoms. The molecule has 0 bridgehead atoms. The number of aromatic nitrogens is 3. The van der Waals surface area contributed by atoms with Crippen molar-refractivity contribution in [3.05, 3.63) is 53.1 Å². The van der Waals surface area contributed by atoms with E-state index in [0.29, 0.717) is 25.6 Å². The van der Waals surface area contributed by atoms with E-state index in [9.17, 15) is 9.59 Å². The summed E-state index contributed by atoms with van der Waals surface area (Å²) in [5.41, 5.74) is 3.44. The van der Waals surface area contributed by atoms with Crippen molar-refractivity contribution in [3.8, 4) is 16.3 Å². The fourth-order valence-electron chi connectivity index (χ4n) is 4.85. The predicted molar refractivity (Wildman–Crippen MR) is 176 cm³/mol. The third-order valence-corrected chi connectivity index (χ3v) is 8.49. The molecule has 1 aromatic carbocycles. The lowest BCUT2D eigenvalue weighted by atomic mass is 9.78. The highest BCUT2D eigenvalue weighted by Gasteiger charge is 2.28. The van der Waals surface area contributed by atoms with E-state index in [2.05, 4.69) is 70.3 Å². The summed E-state index contributed by atoms with van der Waals surface area (Å²) in [5, 5.41) is 1.04. The van der Waals surface area contributed by atoms with Crippen LogP contribution in [-0.2, 0) is 31.7 Å². The molecule has 0 radical (unpaired) electrons. The van der Waals surface area contributed by atoms with Gasteiger partial charge in [-0.15, -0.1) is 11.3 Å². The average molecular weight is 613 g/mol. The topological polar surface area (TPSA) is 86.6 Å². The SMILES string of the molecule is CCC(CCN(CC)C(=O)Cn1ccnc1)c1cnc(-c2cc(C(C)(C)C)c(OC)c(C(C)(C)C)c2)s1.CCOC(C)=O. The molecular formula is C34H52N4O4S. The first-order chi connectivity index (χ1) is 20.2. The minimum atomic E-state index is -0.211. The molecule has 0 spiro atoms. The van der Waals surface area contributed by atoms with Gasteiger partial charge in [-0.2, -0.15) is 0 Å². The molecule has 3 aromatic rings. The van der Waals surface area contributed by atoms with Crippen LogP contribution in [0.1, 0.15) is 104 Å². The number of hydrogen-bond donors (Lipinski definition) is 0. The maximum atomic E-state index is 12.8. The first-order valence-electron chi connectivity index (χ1n) is 15.2. The van der Waals surface area contributed by atoms with E-state index >= 15 is 0 Å². The van der Waals surface area contributed by atoms with Gasteiger partial charge in [0.05, 0.1) is 20.0 Å². The minimum absolute atomic E-state index is 0.0553. The second kappa shape index (κ2) is 16.0. The fourth-order valence-corrected chi connectivity index (χ4v) is 5.97. The van der Waals surface area contributed by atoms with Crippen LogP contribution in [0.2, 0.25) is 0 Å². The zero-order chi connectivity index (χ0) is 32.4. The molecule has 8 nitrogen and oxygen atoms in total. The molecule has 0 saturated heterocycles. The lowest BCUT2D eigenvalue weighted by Gasteiger charge is -2.29. The Morgan fingerprint density at radius 1 is 1.05 bits per heavy atom. The highest BCUT2D eigenvalue weighted by atomic mass is 32.1. The number of imidazole rings is 1. The standard InChI is InChI=1S/C30H44N4O2S.C4H8O2/c1-10-21(12-14-34(11-2)26(35)19-33-15-13-31-20-33)25-18-32-28(37-25)22-16-23(29(3,4)5)27(36-9)24(17-22)30(6,7)8;1-3-6-4(2)5/h13,15-18,20-21H,10-12,14,19H2,1-9H3;3H2,1-2H3. The van der Waals surface area contributed by atoms with Gasteiger partial charge in [-0.05, 0) is 55.6 Å². The Morgan fingerprint density at radius 2 is 1.67 bits per heavy atom. The normalized spacial score (nSPS) is 12.3.